The fraction of sp³-hybridized carbons (Fsp3) is 1.00. The SMILES string of the molecule is COC1[C@H]2CNCCNCCNC[C@H]3O[C@H](OC4[C@H]5CNCCNCCNC[C@H]6C[C@H](OC7[C@@H](CNCCNCCN)C[C@H](C)[C@H](O)[C@H]7O)[C@H](O)[C@@H](O)C6O[C@@H](C5)[C@H](O)[C@H]4O)[C@H](O)[C@@H](O)C3O[C@@H](O2)[C@H](O)[C@H]1O. The molecule has 4 bridgehead atoms. The summed E-state index contributed by atoms with van der Waals surface area (Å²) in [6.07, 6.45) is -26.2. The second-order valence-electron chi connectivity index (χ2n) is 21.2. The topological polar surface area (TPSA) is 389 Å². The van der Waals surface area contributed by atoms with Gasteiger partial charge in [-0.15, -0.1) is 0 Å². The van der Waals surface area contributed by atoms with E-state index in [1.165, 1.54) is 7.11 Å². The Morgan fingerprint density at radius 3 is 1.74 bits per heavy atom. The molecular formula is C47H91N9O17. The maximum Gasteiger partial charge on any atom is 0.187 e. The summed E-state index contributed by atoms with van der Waals surface area (Å²) >= 11 is 0. The van der Waals surface area contributed by atoms with E-state index in [4.69, 9.17) is 38.9 Å². The van der Waals surface area contributed by atoms with Crippen LogP contribution in [-0.2, 0) is 33.2 Å². The van der Waals surface area contributed by atoms with Crippen molar-refractivity contribution in [3.05, 3.63) is 0 Å². The zero-order chi connectivity index (χ0) is 52.2. The largest absolute Gasteiger partial charge is 0.390 e. The van der Waals surface area contributed by atoms with Crippen LogP contribution in [0.2, 0.25) is 0 Å². The molecule has 73 heavy (non-hydrogen) atoms. The molecule has 0 amide bonds. The van der Waals surface area contributed by atoms with Crippen LogP contribution in [0.5, 0.6) is 0 Å². The Morgan fingerprint density at radius 1 is 0.479 bits per heavy atom. The van der Waals surface area contributed by atoms with Crippen LogP contribution < -0.4 is 48.3 Å². The van der Waals surface area contributed by atoms with Crippen molar-refractivity contribution in [3.8, 4) is 0 Å². The Kier molecular flexibility index (Phi) is 23.9. The average Bonchev–Trinajstić information content (AvgIpc) is 3.38. The van der Waals surface area contributed by atoms with E-state index in [1.54, 1.807) is 0 Å². The van der Waals surface area contributed by atoms with Gasteiger partial charge in [-0.1, -0.05) is 6.92 Å². The van der Waals surface area contributed by atoms with Gasteiger partial charge in [0, 0.05) is 136 Å². The number of methoxy groups -OCH3 is 1. The standard InChI is InChI=1S/C47H91N9O17/c1-23-15-24(18-52-10-5-49-4-3-48)41(34(60)31(23)57)68-27-16-25-19-53-11-6-50-7-12-54-20-26-17-28(69-42(25)35(61)32(27)58)33(59)36(62)43(26)72-46-40(66)38(64)45-30(71-46)22-56-14-9-51-8-13-55-21-29-44(67-2)37(63)39(65)47(70-29)73-45/h23-47,49-66H,3-22,48H2,1-2H3/t23-,24+,25+,26+,27-,28-,29+,30+,31-,32-,33-,34+,35+,36+,37+,38+,39+,40+,41?,42?,43?,44?,45?,46+,47+/m0/s1. The van der Waals surface area contributed by atoms with E-state index in [0.717, 1.165) is 0 Å². The Morgan fingerprint density at radius 2 is 1.07 bits per heavy atom. The summed E-state index contributed by atoms with van der Waals surface area (Å²) < 4.78 is 43.8. The summed E-state index contributed by atoms with van der Waals surface area (Å²) in [6.45, 7) is 10.4. The lowest BCUT2D eigenvalue weighted by atomic mass is 9.75. The number of ether oxygens (including phenoxy) is 7. The predicted octanol–water partition coefficient (Wildman–Crippen LogP) is -9.26. The number of fused-ring (bicyclic) bond motifs is 6. The third-order valence-corrected chi connectivity index (χ3v) is 16.0. The zero-order valence-corrected chi connectivity index (χ0v) is 42.5. The molecule has 26 nitrogen and oxygen atoms in total. The van der Waals surface area contributed by atoms with Gasteiger partial charge in [-0.25, -0.2) is 0 Å². The van der Waals surface area contributed by atoms with Crippen LogP contribution in [0.15, 0.2) is 0 Å². The first-order valence-corrected chi connectivity index (χ1v) is 26.9. The number of aliphatic hydroxyl groups excluding tert-OH is 10. The number of rotatable bonds is 12. The fourth-order valence-corrected chi connectivity index (χ4v) is 11.8. The maximum atomic E-state index is 12.0. The van der Waals surface area contributed by atoms with Crippen molar-refractivity contribution in [2.45, 2.75) is 155 Å². The molecule has 5 unspecified atom stereocenters. The van der Waals surface area contributed by atoms with Gasteiger partial charge in [0.1, 0.15) is 79.4 Å². The van der Waals surface area contributed by atoms with Crippen molar-refractivity contribution in [2.75, 3.05) is 118 Å². The summed E-state index contributed by atoms with van der Waals surface area (Å²) in [5.41, 5.74) is 5.60. The van der Waals surface area contributed by atoms with Crippen molar-refractivity contribution in [2.24, 2.45) is 29.4 Å². The summed E-state index contributed by atoms with van der Waals surface area (Å²) in [5.74, 6) is -1.50. The Labute approximate surface area is 428 Å². The highest BCUT2D eigenvalue weighted by atomic mass is 16.7. The van der Waals surface area contributed by atoms with E-state index in [1.807, 2.05) is 6.92 Å². The molecule has 426 valence electrons. The molecule has 25 atom stereocenters. The molecule has 3 saturated carbocycles. The minimum atomic E-state index is -1.77. The average molecular weight is 1050 g/mol. The van der Waals surface area contributed by atoms with Gasteiger partial charge >= 0.3 is 0 Å². The van der Waals surface area contributed by atoms with E-state index in [-0.39, 0.29) is 44.3 Å². The minimum absolute atomic E-state index is 0.0824. The number of aliphatic hydroxyl groups is 10. The van der Waals surface area contributed by atoms with Gasteiger partial charge in [0.2, 0.25) is 0 Å². The maximum absolute atomic E-state index is 12.0. The van der Waals surface area contributed by atoms with Crippen LogP contribution in [0, 0.1) is 23.7 Å². The van der Waals surface area contributed by atoms with Crippen molar-refractivity contribution in [1.82, 2.24) is 42.5 Å². The van der Waals surface area contributed by atoms with E-state index in [9.17, 15) is 51.1 Å². The van der Waals surface area contributed by atoms with Gasteiger partial charge in [-0.2, -0.15) is 0 Å². The summed E-state index contributed by atoms with van der Waals surface area (Å²) in [5, 5.41) is 142. The first kappa shape index (κ1) is 59.6. The summed E-state index contributed by atoms with van der Waals surface area (Å²) in [4.78, 5) is 0. The van der Waals surface area contributed by atoms with Crippen molar-refractivity contribution >= 4 is 0 Å². The van der Waals surface area contributed by atoms with Gasteiger partial charge in [0.05, 0.1) is 36.6 Å². The van der Waals surface area contributed by atoms with Gasteiger partial charge in [-0.05, 0) is 25.2 Å². The lowest BCUT2D eigenvalue weighted by Gasteiger charge is -2.50. The minimum Gasteiger partial charge on any atom is -0.390 e. The van der Waals surface area contributed by atoms with Crippen LogP contribution in [0.3, 0.4) is 0 Å². The summed E-state index contributed by atoms with van der Waals surface area (Å²) in [7, 11) is 1.40. The van der Waals surface area contributed by atoms with E-state index in [2.05, 4.69) is 42.5 Å². The van der Waals surface area contributed by atoms with E-state index >= 15 is 0 Å². The Balaban J connectivity index is 1.05. The Hall–Kier alpha value is -1.04. The number of hydrogen-bond donors (Lipinski definition) is 19. The van der Waals surface area contributed by atoms with Gasteiger partial charge in [-0.3, -0.25) is 0 Å². The Bertz CT molecular complexity index is 1580. The first-order valence-electron chi connectivity index (χ1n) is 26.9. The van der Waals surface area contributed by atoms with Crippen LogP contribution >= 0.6 is 0 Å². The molecule has 4 aliphatic heterocycles. The van der Waals surface area contributed by atoms with Gasteiger partial charge < -0.3 is 132 Å². The molecule has 7 rings (SSSR count). The highest BCUT2D eigenvalue weighted by Crippen LogP contribution is 2.40. The fourth-order valence-electron chi connectivity index (χ4n) is 11.8. The smallest absolute Gasteiger partial charge is 0.187 e. The number of nitrogens with one attached hydrogen (secondary N) is 8. The van der Waals surface area contributed by atoms with E-state index in [0.29, 0.717) is 98.0 Å². The highest BCUT2D eigenvalue weighted by molar-refractivity contribution is 5.03. The zero-order valence-electron chi connectivity index (χ0n) is 42.5. The second-order valence-corrected chi connectivity index (χ2v) is 21.2. The third kappa shape index (κ3) is 15.2. The van der Waals surface area contributed by atoms with Crippen molar-refractivity contribution < 1.29 is 84.2 Å². The number of hydrogen-bond acceptors (Lipinski definition) is 26. The molecule has 0 aromatic carbocycles. The quantitative estimate of drug-likeness (QED) is 0.0807. The molecule has 0 radical (unpaired) electrons. The first-order chi connectivity index (χ1) is 35.2. The molecule has 3 aliphatic carbocycles. The summed E-state index contributed by atoms with van der Waals surface area (Å²) in [6, 6.07) is 0. The molecule has 7 fully saturated rings. The van der Waals surface area contributed by atoms with Crippen molar-refractivity contribution in [3.63, 3.8) is 0 Å². The molecule has 0 aromatic heterocycles. The highest BCUT2D eigenvalue weighted by Gasteiger charge is 2.55. The van der Waals surface area contributed by atoms with Crippen LogP contribution in [0.4, 0.5) is 0 Å². The van der Waals surface area contributed by atoms with Crippen LogP contribution in [-0.4, -0.2) is 298 Å². The van der Waals surface area contributed by atoms with Crippen LogP contribution in [0.25, 0.3) is 0 Å². The molecular weight excluding hydrogens is 963 g/mol. The molecule has 0 spiro atoms. The molecule has 0 aromatic rings. The lowest BCUT2D eigenvalue weighted by molar-refractivity contribution is -0.365. The second kappa shape index (κ2) is 29.3. The normalized spacial score (nSPS) is 47.4. The van der Waals surface area contributed by atoms with E-state index < -0.39 is 140 Å². The molecule has 4 heterocycles. The molecule has 20 N–H and O–H groups in total. The molecule has 7 aliphatic rings. The predicted molar refractivity (Wildman–Crippen MR) is 261 cm³/mol. The van der Waals surface area contributed by atoms with Gasteiger partial charge in [0.25, 0.3) is 0 Å². The molecule has 4 saturated heterocycles. The lowest BCUT2D eigenvalue weighted by Crippen LogP contribution is -2.67. The van der Waals surface area contributed by atoms with Crippen LogP contribution in [0.1, 0.15) is 26.2 Å². The van der Waals surface area contributed by atoms with Gasteiger partial charge in [0.15, 0.2) is 12.6 Å². The number of nitrogens with two attached hydrogens (primary N) is 1. The monoisotopic (exact) mass is 1050 g/mol. The van der Waals surface area contributed by atoms with Crippen molar-refractivity contribution in [1.29, 1.82) is 0 Å². The third-order valence-electron chi connectivity index (χ3n) is 16.0. The molecule has 26 heteroatoms.